The van der Waals surface area contributed by atoms with E-state index < -0.39 is 21.8 Å². The van der Waals surface area contributed by atoms with Gasteiger partial charge in [0.2, 0.25) is 0 Å². The molecule has 0 amide bonds. The number of hydrogen-bond donors (Lipinski definition) is 1. The van der Waals surface area contributed by atoms with Crippen molar-refractivity contribution >= 4 is 40.5 Å². The molecule has 1 nitrogen and oxygen atoms in total. The van der Waals surface area contributed by atoms with Crippen LogP contribution in [-0.2, 0) is 6.18 Å². The fourth-order valence-corrected chi connectivity index (χ4v) is 1.71. The van der Waals surface area contributed by atoms with Crippen LogP contribution in [0.25, 0.3) is 0 Å². The number of nitrogen functional groups attached to an aromatic ring is 1. The van der Waals surface area contributed by atoms with Gasteiger partial charge in [-0.1, -0.05) is 34.8 Å². The van der Waals surface area contributed by atoms with Crippen molar-refractivity contribution < 1.29 is 13.2 Å². The summed E-state index contributed by atoms with van der Waals surface area (Å²) >= 11 is 16.2. The number of benzene rings is 1. The first-order valence-corrected chi connectivity index (χ1v) is 4.38. The average Bonchev–Trinajstić information content (AvgIpc) is 1.97. The molecule has 2 N–H and O–H groups in total. The predicted octanol–water partition coefficient (Wildman–Crippen LogP) is 4.25. The van der Waals surface area contributed by atoms with E-state index in [1.807, 2.05) is 0 Å². The molecule has 0 fully saturated rings. The predicted molar refractivity (Wildman–Crippen MR) is 50.9 cm³/mol. The highest BCUT2D eigenvalue weighted by Crippen LogP contribution is 2.44. The van der Waals surface area contributed by atoms with Crippen LogP contribution in [0.15, 0.2) is 6.07 Å². The number of alkyl halides is 3. The molecule has 0 spiro atoms. The molecule has 0 aliphatic rings. The summed E-state index contributed by atoms with van der Waals surface area (Å²) in [5.41, 5.74) is 4.01. The Morgan fingerprint density at radius 3 is 2.00 bits per heavy atom. The van der Waals surface area contributed by atoms with Gasteiger partial charge in [-0.05, 0) is 6.07 Å². The molecule has 0 heterocycles. The second-order valence-electron chi connectivity index (χ2n) is 2.45. The highest BCUT2D eigenvalue weighted by Gasteiger charge is 2.37. The van der Waals surface area contributed by atoms with E-state index in [0.717, 1.165) is 6.07 Å². The molecule has 7 heteroatoms. The summed E-state index contributed by atoms with van der Waals surface area (Å²) in [5.74, 6) is 0. The Kier molecular flexibility index (Phi) is 3.09. The molecule has 78 valence electrons. The van der Waals surface area contributed by atoms with E-state index in [1.165, 1.54) is 0 Å². The van der Waals surface area contributed by atoms with Crippen LogP contribution in [0, 0.1) is 0 Å². The van der Waals surface area contributed by atoms with Gasteiger partial charge in [-0.3, -0.25) is 0 Å². The first-order chi connectivity index (χ1) is 6.25. The lowest BCUT2D eigenvalue weighted by atomic mass is 10.2. The molecule has 0 unspecified atom stereocenters. The standard InChI is InChI=1S/C7H3Cl3F3N/c8-2-1-3(14)5(9)6(10)4(2)7(11,12)13/h1H,14H2. The van der Waals surface area contributed by atoms with Crippen LogP contribution < -0.4 is 5.73 Å². The smallest absolute Gasteiger partial charge is 0.397 e. The molecule has 0 atom stereocenters. The Labute approximate surface area is 92.5 Å². The van der Waals surface area contributed by atoms with Crippen molar-refractivity contribution in [2.75, 3.05) is 5.73 Å². The van der Waals surface area contributed by atoms with Crippen molar-refractivity contribution in [3.63, 3.8) is 0 Å². The van der Waals surface area contributed by atoms with Crippen LogP contribution in [0.1, 0.15) is 5.56 Å². The number of anilines is 1. The van der Waals surface area contributed by atoms with Gasteiger partial charge in [0, 0.05) is 0 Å². The fraction of sp³-hybridized carbons (Fsp3) is 0.143. The minimum Gasteiger partial charge on any atom is -0.397 e. The molecule has 0 radical (unpaired) electrons. The van der Waals surface area contributed by atoms with E-state index in [2.05, 4.69) is 0 Å². The lowest BCUT2D eigenvalue weighted by molar-refractivity contribution is -0.137. The van der Waals surface area contributed by atoms with Gasteiger partial charge in [0.05, 0.1) is 26.3 Å². The van der Waals surface area contributed by atoms with Crippen molar-refractivity contribution in [3.05, 3.63) is 26.7 Å². The van der Waals surface area contributed by atoms with Gasteiger partial charge in [-0.15, -0.1) is 0 Å². The Hall–Kier alpha value is -0.320. The summed E-state index contributed by atoms with van der Waals surface area (Å²) in [6, 6.07) is 0.915. The molecule has 1 aromatic rings. The number of halogens is 6. The zero-order valence-electron chi connectivity index (χ0n) is 6.42. The molecule has 0 aromatic heterocycles. The SMILES string of the molecule is Nc1cc(Cl)c(C(F)(F)F)c(Cl)c1Cl. The lowest BCUT2D eigenvalue weighted by Gasteiger charge is -2.13. The third kappa shape index (κ3) is 2.02. The molecule has 1 aromatic carbocycles. The van der Waals surface area contributed by atoms with Gasteiger partial charge in [0.1, 0.15) is 0 Å². The maximum atomic E-state index is 12.4. The third-order valence-corrected chi connectivity index (χ3v) is 2.65. The zero-order valence-corrected chi connectivity index (χ0v) is 8.69. The Morgan fingerprint density at radius 1 is 1.07 bits per heavy atom. The molecule has 14 heavy (non-hydrogen) atoms. The molecule has 0 saturated carbocycles. The topological polar surface area (TPSA) is 26.0 Å². The van der Waals surface area contributed by atoms with Crippen LogP contribution in [0.3, 0.4) is 0 Å². The second-order valence-corrected chi connectivity index (χ2v) is 3.61. The highest BCUT2D eigenvalue weighted by atomic mass is 35.5. The largest absolute Gasteiger partial charge is 0.419 e. The van der Waals surface area contributed by atoms with Gasteiger partial charge in [0.15, 0.2) is 0 Å². The number of hydrogen-bond acceptors (Lipinski definition) is 1. The molecule has 1 rings (SSSR count). The van der Waals surface area contributed by atoms with Crippen molar-refractivity contribution in [2.45, 2.75) is 6.18 Å². The molecule has 0 aliphatic heterocycles. The minimum atomic E-state index is -4.65. The summed E-state index contributed by atoms with van der Waals surface area (Å²) in [6.07, 6.45) is -4.65. The summed E-state index contributed by atoms with van der Waals surface area (Å²) in [7, 11) is 0. The van der Waals surface area contributed by atoms with E-state index in [4.69, 9.17) is 40.5 Å². The maximum absolute atomic E-state index is 12.4. The van der Waals surface area contributed by atoms with E-state index in [-0.39, 0.29) is 10.7 Å². The van der Waals surface area contributed by atoms with Crippen LogP contribution in [0.2, 0.25) is 15.1 Å². The maximum Gasteiger partial charge on any atom is 0.419 e. The minimum absolute atomic E-state index is 0.0883. The Balaban J connectivity index is 3.53. The monoisotopic (exact) mass is 263 g/mol. The van der Waals surface area contributed by atoms with Gasteiger partial charge in [-0.25, -0.2) is 0 Å². The zero-order chi connectivity index (χ0) is 11.1. The van der Waals surface area contributed by atoms with Crippen LogP contribution in [-0.4, -0.2) is 0 Å². The van der Waals surface area contributed by atoms with Crippen LogP contribution >= 0.6 is 34.8 Å². The number of nitrogens with two attached hydrogens (primary N) is 1. The normalized spacial score (nSPS) is 11.9. The van der Waals surface area contributed by atoms with Crippen molar-refractivity contribution in [3.8, 4) is 0 Å². The van der Waals surface area contributed by atoms with Crippen LogP contribution in [0.4, 0.5) is 18.9 Å². The van der Waals surface area contributed by atoms with E-state index >= 15 is 0 Å². The fourth-order valence-electron chi connectivity index (χ4n) is 0.873. The Morgan fingerprint density at radius 2 is 1.57 bits per heavy atom. The van der Waals surface area contributed by atoms with Gasteiger partial charge in [-0.2, -0.15) is 13.2 Å². The third-order valence-electron chi connectivity index (χ3n) is 1.47. The first kappa shape index (κ1) is 11.8. The molecular formula is C7H3Cl3F3N. The average molecular weight is 264 g/mol. The Bertz CT molecular complexity index is 375. The van der Waals surface area contributed by atoms with Crippen molar-refractivity contribution in [1.82, 2.24) is 0 Å². The lowest BCUT2D eigenvalue weighted by Crippen LogP contribution is -2.08. The molecule has 0 aliphatic carbocycles. The second kappa shape index (κ2) is 3.68. The van der Waals surface area contributed by atoms with Gasteiger partial charge in [0.25, 0.3) is 0 Å². The van der Waals surface area contributed by atoms with E-state index in [9.17, 15) is 13.2 Å². The summed E-state index contributed by atoms with van der Waals surface area (Å²) < 4.78 is 37.1. The van der Waals surface area contributed by atoms with Crippen molar-refractivity contribution in [1.29, 1.82) is 0 Å². The summed E-state index contributed by atoms with van der Waals surface area (Å²) in [4.78, 5) is 0. The summed E-state index contributed by atoms with van der Waals surface area (Å²) in [5, 5.41) is -1.59. The highest BCUT2D eigenvalue weighted by molar-refractivity contribution is 6.45. The van der Waals surface area contributed by atoms with E-state index in [1.54, 1.807) is 0 Å². The molecule has 0 bridgehead atoms. The number of rotatable bonds is 0. The van der Waals surface area contributed by atoms with Crippen molar-refractivity contribution in [2.24, 2.45) is 0 Å². The van der Waals surface area contributed by atoms with Gasteiger partial charge >= 0.3 is 6.18 Å². The summed E-state index contributed by atoms with van der Waals surface area (Å²) in [6.45, 7) is 0. The van der Waals surface area contributed by atoms with E-state index in [0.29, 0.717) is 0 Å². The van der Waals surface area contributed by atoms with Crippen LogP contribution in [0.5, 0.6) is 0 Å². The first-order valence-electron chi connectivity index (χ1n) is 3.25. The quantitative estimate of drug-likeness (QED) is 0.550. The van der Waals surface area contributed by atoms with Gasteiger partial charge < -0.3 is 5.73 Å². The molecule has 0 saturated heterocycles. The molecular weight excluding hydrogens is 261 g/mol.